The molecule has 0 fully saturated rings. The highest BCUT2D eigenvalue weighted by Gasteiger charge is 2.30. The molecular weight excluding hydrogens is 465 g/mol. The van der Waals surface area contributed by atoms with Gasteiger partial charge in [-0.3, -0.25) is 9.59 Å². The lowest BCUT2D eigenvalue weighted by Gasteiger charge is -2.19. The van der Waals surface area contributed by atoms with Crippen LogP contribution in [0.15, 0.2) is 60.7 Å². The second kappa shape index (κ2) is 9.88. The molecule has 1 aliphatic rings. The first-order chi connectivity index (χ1) is 16.7. The predicted octanol–water partition coefficient (Wildman–Crippen LogP) is 4.42. The summed E-state index contributed by atoms with van der Waals surface area (Å²) in [5, 5.41) is 13.3. The number of fused-ring (bicyclic) bond motifs is 3. The Morgan fingerprint density at radius 3 is 2.00 bits per heavy atom. The van der Waals surface area contributed by atoms with Gasteiger partial charge in [0.15, 0.2) is 17.5 Å². The molecule has 0 aliphatic heterocycles. The van der Waals surface area contributed by atoms with Crippen LogP contribution in [0.4, 0.5) is 23.7 Å². The molecule has 0 heterocycles. The Kier molecular flexibility index (Phi) is 6.72. The SMILES string of the molecule is O=C(O)CC(NC(=O)OCC1c2ccccc2-c2ccccc21)C(=O)Nc1cc(F)c(F)c(F)c1. The van der Waals surface area contributed by atoms with E-state index in [2.05, 4.69) is 10.6 Å². The van der Waals surface area contributed by atoms with Crippen molar-refractivity contribution in [3.8, 4) is 11.1 Å². The van der Waals surface area contributed by atoms with Gasteiger partial charge in [0.2, 0.25) is 5.91 Å². The van der Waals surface area contributed by atoms with Crippen molar-refractivity contribution in [2.75, 3.05) is 11.9 Å². The number of carboxylic acid groups (broad SMARTS) is 1. The van der Waals surface area contributed by atoms with E-state index >= 15 is 0 Å². The standard InChI is InChI=1S/C25H19F3N2O5/c26-19-9-13(10-20(27)23(19)28)29-24(33)21(11-22(31)32)30-25(34)35-12-18-16-7-3-1-5-14(16)15-6-2-4-8-17(15)18/h1-10,18,21H,11-12H2,(H,29,33)(H,30,34)(H,31,32). The molecule has 3 N–H and O–H groups in total. The van der Waals surface area contributed by atoms with Crippen molar-refractivity contribution in [2.45, 2.75) is 18.4 Å². The highest BCUT2D eigenvalue weighted by atomic mass is 19.2. The van der Waals surface area contributed by atoms with Crippen LogP contribution in [0.5, 0.6) is 0 Å². The molecule has 0 radical (unpaired) electrons. The fourth-order valence-corrected chi connectivity index (χ4v) is 4.02. The second-order valence-corrected chi connectivity index (χ2v) is 7.86. The van der Waals surface area contributed by atoms with Crippen LogP contribution in [0, 0.1) is 17.5 Å². The fraction of sp³-hybridized carbons (Fsp3) is 0.160. The van der Waals surface area contributed by atoms with Gasteiger partial charge in [-0.05, 0) is 22.3 Å². The third-order valence-corrected chi connectivity index (χ3v) is 5.58. The number of nitrogens with one attached hydrogen (secondary N) is 2. The third-order valence-electron chi connectivity index (χ3n) is 5.58. The first-order valence-electron chi connectivity index (χ1n) is 10.5. The van der Waals surface area contributed by atoms with Crippen LogP contribution in [0.2, 0.25) is 0 Å². The number of rotatable bonds is 7. The van der Waals surface area contributed by atoms with Gasteiger partial charge in [-0.15, -0.1) is 0 Å². The van der Waals surface area contributed by atoms with Crippen LogP contribution in [0.25, 0.3) is 11.1 Å². The average Bonchev–Trinajstić information content (AvgIpc) is 3.14. The Morgan fingerprint density at radius 2 is 1.46 bits per heavy atom. The molecule has 0 aromatic heterocycles. The van der Waals surface area contributed by atoms with E-state index in [1.165, 1.54) is 0 Å². The summed E-state index contributed by atoms with van der Waals surface area (Å²) < 4.78 is 45.3. The molecule has 180 valence electrons. The lowest BCUT2D eigenvalue weighted by Crippen LogP contribution is -2.45. The van der Waals surface area contributed by atoms with E-state index in [1.807, 2.05) is 48.5 Å². The quantitative estimate of drug-likeness (QED) is 0.431. The third kappa shape index (κ3) is 5.11. The summed E-state index contributed by atoms with van der Waals surface area (Å²) in [6, 6.07) is 14.7. The Morgan fingerprint density at radius 1 is 0.914 bits per heavy atom. The summed E-state index contributed by atoms with van der Waals surface area (Å²) in [6.07, 6.45) is -1.88. The Bertz CT molecular complexity index is 1250. The first-order valence-corrected chi connectivity index (χ1v) is 10.5. The highest BCUT2D eigenvalue weighted by Crippen LogP contribution is 2.44. The molecular formula is C25H19F3N2O5. The van der Waals surface area contributed by atoms with Crippen molar-refractivity contribution >= 4 is 23.7 Å². The van der Waals surface area contributed by atoms with Crippen LogP contribution < -0.4 is 10.6 Å². The minimum Gasteiger partial charge on any atom is -0.481 e. The highest BCUT2D eigenvalue weighted by molar-refractivity contribution is 5.98. The summed E-state index contributed by atoms with van der Waals surface area (Å²) in [7, 11) is 0. The maximum absolute atomic E-state index is 13.4. The van der Waals surface area contributed by atoms with E-state index in [4.69, 9.17) is 9.84 Å². The van der Waals surface area contributed by atoms with Gasteiger partial charge in [-0.2, -0.15) is 0 Å². The normalized spacial score (nSPS) is 12.9. The van der Waals surface area contributed by atoms with Crippen molar-refractivity contribution in [1.82, 2.24) is 5.32 Å². The Labute approximate surface area is 197 Å². The molecule has 1 unspecified atom stereocenters. The first kappa shape index (κ1) is 23.8. The number of ether oxygens (including phenoxy) is 1. The number of alkyl carbamates (subject to hydrolysis) is 1. The molecule has 0 saturated heterocycles. The molecule has 4 rings (SSSR count). The van der Waals surface area contributed by atoms with E-state index in [-0.39, 0.29) is 12.5 Å². The second-order valence-electron chi connectivity index (χ2n) is 7.86. The Balaban J connectivity index is 1.44. The van der Waals surface area contributed by atoms with Crippen LogP contribution >= 0.6 is 0 Å². The average molecular weight is 484 g/mol. The number of carbonyl (C=O) groups is 3. The van der Waals surface area contributed by atoms with Crippen LogP contribution in [0.3, 0.4) is 0 Å². The van der Waals surface area contributed by atoms with Gasteiger partial charge in [-0.1, -0.05) is 48.5 Å². The molecule has 2 amide bonds. The maximum Gasteiger partial charge on any atom is 0.407 e. The monoisotopic (exact) mass is 484 g/mol. The number of halogens is 3. The number of carbonyl (C=O) groups excluding carboxylic acids is 2. The molecule has 1 aliphatic carbocycles. The smallest absolute Gasteiger partial charge is 0.407 e. The van der Waals surface area contributed by atoms with Gasteiger partial charge in [0.25, 0.3) is 0 Å². The maximum atomic E-state index is 13.4. The number of carboxylic acids is 1. The van der Waals surface area contributed by atoms with E-state index < -0.39 is 53.6 Å². The zero-order valence-electron chi connectivity index (χ0n) is 18.1. The summed E-state index contributed by atoms with van der Waals surface area (Å²) in [4.78, 5) is 36.1. The zero-order valence-corrected chi connectivity index (χ0v) is 18.1. The van der Waals surface area contributed by atoms with Gasteiger partial charge in [0, 0.05) is 23.7 Å². The number of anilines is 1. The molecule has 3 aromatic carbocycles. The van der Waals surface area contributed by atoms with Crippen LogP contribution in [-0.4, -0.2) is 35.7 Å². The van der Waals surface area contributed by atoms with Gasteiger partial charge < -0.3 is 20.5 Å². The molecule has 7 nitrogen and oxygen atoms in total. The molecule has 10 heteroatoms. The van der Waals surface area contributed by atoms with Crippen LogP contribution in [0.1, 0.15) is 23.5 Å². The minimum absolute atomic E-state index is 0.0738. The number of hydrogen-bond acceptors (Lipinski definition) is 4. The molecule has 35 heavy (non-hydrogen) atoms. The zero-order chi connectivity index (χ0) is 25.1. The van der Waals surface area contributed by atoms with Gasteiger partial charge in [0.05, 0.1) is 6.42 Å². The number of amides is 2. The van der Waals surface area contributed by atoms with E-state index in [0.717, 1.165) is 22.3 Å². The van der Waals surface area contributed by atoms with Crippen molar-refractivity contribution in [3.05, 3.63) is 89.2 Å². The van der Waals surface area contributed by atoms with Crippen molar-refractivity contribution < 1.29 is 37.4 Å². The van der Waals surface area contributed by atoms with Gasteiger partial charge in [0.1, 0.15) is 12.6 Å². The van der Waals surface area contributed by atoms with Crippen LogP contribution in [-0.2, 0) is 14.3 Å². The minimum atomic E-state index is -1.72. The summed E-state index contributed by atoms with van der Waals surface area (Å²) >= 11 is 0. The molecule has 0 bridgehead atoms. The molecule has 1 atom stereocenters. The van der Waals surface area contributed by atoms with Crippen molar-refractivity contribution in [1.29, 1.82) is 0 Å². The fourth-order valence-electron chi connectivity index (χ4n) is 4.02. The molecule has 3 aromatic rings. The number of benzene rings is 3. The van der Waals surface area contributed by atoms with Gasteiger partial charge >= 0.3 is 12.1 Å². The molecule has 0 spiro atoms. The summed E-state index contributed by atoms with van der Waals surface area (Å²) in [5.74, 6) is -7.56. The summed E-state index contributed by atoms with van der Waals surface area (Å²) in [6.45, 7) is -0.0738. The topological polar surface area (TPSA) is 105 Å². The van der Waals surface area contributed by atoms with Crippen molar-refractivity contribution in [2.24, 2.45) is 0 Å². The lowest BCUT2D eigenvalue weighted by molar-refractivity contribution is -0.139. The van der Waals surface area contributed by atoms with E-state index in [9.17, 15) is 27.6 Å². The predicted molar refractivity (Wildman–Crippen MR) is 119 cm³/mol. The largest absolute Gasteiger partial charge is 0.481 e. The van der Waals surface area contributed by atoms with E-state index in [1.54, 1.807) is 0 Å². The van der Waals surface area contributed by atoms with Crippen molar-refractivity contribution in [3.63, 3.8) is 0 Å². The van der Waals surface area contributed by atoms with E-state index in [0.29, 0.717) is 12.1 Å². The Hall–Kier alpha value is -4.34. The van der Waals surface area contributed by atoms with Gasteiger partial charge in [-0.25, -0.2) is 18.0 Å². The lowest BCUT2D eigenvalue weighted by atomic mass is 9.98. The summed E-state index contributed by atoms with van der Waals surface area (Å²) in [5.41, 5.74) is 3.50. The number of aliphatic carboxylic acids is 1. The molecule has 0 saturated carbocycles. The number of hydrogen-bond donors (Lipinski definition) is 3.